The number of fused-ring (bicyclic) bond motifs is 1. The molecule has 0 spiro atoms. The molecule has 0 aliphatic heterocycles. The summed E-state index contributed by atoms with van der Waals surface area (Å²) in [6, 6.07) is 11.5. The van der Waals surface area contributed by atoms with E-state index in [0.29, 0.717) is 24.0 Å². The molecule has 12 heteroatoms. The lowest BCUT2D eigenvalue weighted by atomic mass is 9.82. The molecule has 38 heavy (non-hydrogen) atoms. The van der Waals surface area contributed by atoms with Crippen LogP contribution < -0.4 is 19.7 Å². The number of para-hydroxylation sites is 1. The second-order valence-electron chi connectivity index (χ2n) is 9.90. The molecule has 1 heterocycles. The molecule has 206 valence electrons. The van der Waals surface area contributed by atoms with Gasteiger partial charge in [-0.05, 0) is 74.3 Å². The van der Waals surface area contributed by atoms with Crippen LogP contribution in [0.25, 0.3) is 10.9 Å². The van der Waals surface area contributed by atoms with Crippen molar-refractivity contribution in [3.8, 4) is 5.75 Å². The predicted molar refractivity (Wildman–Crippen MR) is 141 cm³/mol. The number of hydrogen-bond acceptors (Lipinski definition) is 7. The minimum absolute atomic E-state index is 0.0933. The van der Waals surface area contributed by atoms with Crippen LogP contribution in [0, 0.1) is 18.8 Å². The SMILES string of the molecule is Cc1ccc(S(=O)(=O)NCC2CCC(CNc3nc(N(C)C)c4ccccc4n3)CC2)c(OC(F)(F)F)c1. The molecule has 8 nitrogen and oxygen atoms in total. The third-order valence-corrected chi connectivity index (χ3v) is 8.16. The smallest absolute Gasteiger partial charge is 0.404 e. The Balaban J connectivity index is 1.31. The zero-order chi connectivity index (χ0) is 27.5. The average molecular weight is 552 g/mol. The average Bonchev–Trinajstić information content (AvgIpc) is 2.85. The standard InChI is InChI=1S/C26H32F3N5O3S/c1-17-8-13-23(22(14-17)37-26(27,28)29)38(35,36)31-16-19-11-9-18(10-12-19)15-30-25-32-21-7-5-4-6-20(21)24(33-25)34(2)3/h4-8,13-14,18-19,31H,9-12,15-16H2,1-3H3,(H,30,32,33). The molecule has 1 aromatic heterocycles. The van der Waals surface area contributed by atoms with Crippen molar-refractivity contribution in [2.45, 2.75) is 43.9 Å². The number of halogens is 3. The minimum Gasteiger partial charge on any atom is -0.404 e. The lowest BCUT2D eigenvalue weighted by Gasteiger charge is -2.29. The van der Waals surface area contributed by atoms with Crippen molar-refractivity contribution >= 4 is 32.7 Å². The fraction of sp³-hybridized carbons (Fsp3) is 0.462. The van der Waals surface area contributed by atoms with Crippen LogP contribution in [-0.4, -0.2) is 51.9 Å². The Hall–Kier alpha value is -3.12. The summed E-state index contributed by atoms with van der Waals surface area (Å²) in [5, 5.41) is 4.34. The van der Waals surface area contributed by atoms with E-state index in [1.165, 1.54) is 6.07 Å². The van der Waals surface area contributed by atoms with E-state index in [0.717, 1.165) is 54.5 Å². The Bertz CT molecular complexity index is 1370. The molecule has 0 saturated heterocycles. The normalized spacial score (nSPS) is 18.4. The van der Waals surface area contributed by atoms with E-state index in [4.69, 9.17) is 0 Å². The van der Waals surface area contributed by atoms with Gasteiger partial charge >= 0.3 is 6.36 Å². The number of ether oxygens (including phenoxy) is 1. The number of aromatic nitrogens is 2. The number of sulfonamides is 1. The van der Waals surface area contributed by atoms with Gasteiger partial charge in [0.25, 0.3) is 0 Å². The first-order valence-corrected chi connectivity index (χ1v) is 13.9. The van der Waals surface area contributed by atoms with Gasteiger partial charge in [-0.15, -0.1) is 13.2 Å². The maximum atomic E-state index is 12.8. The molecule has 2 N–H and O–H groups in total. The van der Waals surface area contributed by atoms with Crippen LogP contribution in [0.3, 0.4) is 0 Å². The van der Waals surface area contributed by atoms with Crippen LogP contribution >= 0.6 is 0 Å². The lowest BCUT2D eigenvalue weighted by Crippen LogP contribution is -2.33. The first kappa shape index (κ1) is 27.9. The monoisotopic (exact) mass is 551 g/mol. The van der Waals surface area contributed by atoms with Gasteiger partial charge in [0, 0.05) is 32.6 Å². The van der Waals surface area contributed by atoms with Crippen LogP contribution in [0.1, 0.15) is 31.2 Å². The number of aryl methyl sites for hydroxylation is 1. The molecular weight excluding hydrogens is 519 g/mol. The van der Waals surface area contributed by atoms with E-state index in [-0.39, 0.29) is 12.5 Å². The van der Waals surface area contributed by atoms with Gasteiger partial charge in [-0.25, -0.2) is 18.1 Å². The van der Waals surface area contributed by atoms with E-state index in [1.54, 1.807) is 6.92 Å². The molecular formula is C26H32F3N5O3S. The van der Waals surface area contributed by atoms with Gasteiger partial charge in [0.15, 0.2) is 0 Å². The molecule has 1 fully saturated rings. The first-order chi connectivity index (χ1) is 17.9. The topological polar surface area (TPSA) is 96.5 Å². The van der Waals surface area contributed by atoms with Gasteiger partial charge in [-0.2, -0.15) is 4.98 Å². The van der Waals surface area contributed by atoms with Gasteiger partial charge in [-0.1, -0.05) is 18.2 Å². The molecule has 4 rings (SSSR count). The highest BCUT2D eigenvalue weighted by Gasteiger charge is 2.34. The van der Waals surface area contributed by atoms with E-state index >= 15 is 0 Å². The molecule has 0 unspecified atom stereocenters. The molecule has 2 aromatic carbocycles. The third kappa shape index (κ3) is 7.04. The van der Waals surface area contributed by atoms with Crippen molar-refractivity contribution in [1.29, 1.82) is 0 Å². The largest absolute Gasteiger partial charge is 0.573 e. The maximum absolute atomic E-state index is 12.8. The summed E-state index contributed by atoms with van der Waals surface area (Å²) in [5.74, 6) is 1.15. The van der Waals surface area contributed by atoms with Crippen LogP contribution in [-0.2, 0) is 10.0 Å². The number of anilines is 2. The highest BCUT2D eigenvalue weighted by atomic mass is 32.2. The zero-order valence-electron chi connectivity index (χ0n) is 21.5. The van der Waals surface area contributed by atoms with E-state index in [1.807, 2.05) is 43.3 Å². The van der Waals surface area contributed by atoms with Crippen molar-refractivity contribution < 1.29 is 26.3 Å². The number of hydrogen-bond donors (Lipinski definition) is 2. The van der Waals surface area contributed by atoms with Gasteiger partial charge in [0.2, 0.25) is 16.0 Å². The molecule has 1 aliphatic carbocycles. The molecule has 0 radical (unpaired) electrons. The Morgan fingerprint density at radius 2 is 1.66 bits per heavy atom. The highest BCUT2D eigenvalue weighted by molar-refractivity contribution is 7.89. The number of rotatable bonds is 9. The summed E-state index contributed by atoms with van der Waals surface area (Å²) >= 11 is 0. The quantitative estimate of drug-likeness (QED) is 0.382. The second-order valence-corrected chi connectivity index (χ2v) is 11.6. The number of nitrogens with zero attached hydrogens (tertiary/aromatic N) is 3. The zero-order valence-corrected chi connectivity index (χ0v) is 22.4. The van der Waals surface area contributed by atoms with Crippen LogP contribution in [0.4, 0.5) is 24.9 Å². The Morgan fingerprint density at radius 3 is 2.32 bits per heavy atom. The minimum atomic E-state index is -4.99. The summed E-state index contributed by atoms with van der Waals surface area (Å²) in [6.07, 6.45) is -1.61. The van der Waals surface area contributed by atoms with Gasteiger partial charge in [0.05, 0.1) is 5.52 Å². The summed E-state index contributed by atoms with van der Waals surface area (Å²) in [5.41, 5.74) is 1.32. The van der Waals surface area contributed by atoms with Gasteiger partial charge in [0.1, 0.15) is 16.5 Å². The molecule has 0 atom stereocenters. The number of benzene rings is 2. The fourth-order valence-corrected chi connectivity index (χ4v) is 5.93. The maximum Gasteiger partial charge on any atom is 0.573 e. The first-order valence-electron chi connectivity index (χ1n) is 12.5. The van der Waals surface area contributed by atoms with Crippen molar-refractivity contribution in [3.05, 3.63) is 48.0 Å². The second kappa shape index (κ2) is 11.3. The van der Waals surface area contributed by atoms with Gasteiger partial charge in [-0.3, -0.25) is 0 Å². The van der Waals surface area contributed by atoms with Crippen molar-refractivity contribution in [2.75, 3.05) is 37.4 Å². The van der Waals surface area contributed by atoms with Crippen molar-refractivity contribution in [2.24, 2.45) is 11.8 Å². The molecule has 0 bridgehead atoms. The lowest BCUT2D eigenvalue weighted by molar-refractivity contribution is -0.275. The van der Waals surface area contributed by atoms with Gasteiger partial charge < -0.3 is 15.0 Å². The summed E-state index contributed by atoms with van der Waals surface area (Å²) < 4.78 is 70.4. The van der Waals surface area contributed by atoms with Crippen LogP contribution in [0.5, 0.6) is 5.75 Å². The van der Waals surface area contributed by atoms with Crippen molar-refractivity contribution in [1.82, 2.24) is 14.7 Å². The van der Waals surface area contributed by atoms with Crippen LogP contribution in [0.2, 0.25) is 0 Å². The Morgan fingerprint density at radius 1 is 1.00 bits per heavy atom. The third-order valence-electron chi connectivity index (χ3n) is 6.70. The molecule has 1 saturated carbocycles. The number of nitrogens with one attached hydrogen (secondary N) is 2. The summed E-state index contributed by atoms with van der Waals surface area (Å²) in [4.78, 5) is 10.7. The fourth-order valence-electron chi connectivity index (χ4n) is 4.70. The Labute approximate surface area is 220 Å². The highest BCUT2D eigenvalue weighted by Crippen LogP contribution is 2.32. The summed E-state index contributed by atoms with van der Waals surface area (Å²) in [7, 11) is -0.293. The predicted octanol–water partition coefficient (Wildman–Crippen LogP) is 5.10. The van der Waals surface area contributed by atoms with E-state index in [2.05, 4.69) is 24.7 Å². The summed E-state index contributed by atoms with van der Waals surface area (Å²) in [6.45, 7) is 2.42. The number of alkyl halides is 3. The molecule has 0 amide bonds. The Kier molecular flexibility index (Phi) is 8.31. The van der Waals surface area contributed by atoms with Crippen molar-refractivity contribution in [3.63, 3.8) is 0 Å². The van der Waals surface area contributed by atoms with E-state index in [9.17, 15) is 21.6 Å². The molecule has 1 aliphatic rings. The molecule has 3 aromatic rings. The van der Waals surface area contributed by atoms with Crippen LogP contribution in [0.15, 0.2) is 47.4 Å². The van der Waals surface area contributed by atoms with E-state index < -0.39 is 27.0 Å².